The zero-order valence-electron chi connectivity index (χ0n) is 5.93. The molecule has 1 aliphatic heterocycles. The number of rotatable bonds is 0. The van der Waals surface area contributed by atoms with Gasteiger partial charge in [0.05, 0.1) is 0 Å². The van der Waals surface area contributed by atoms with Gasteiger partial charge in [-0.15, -0.1) is 0 Å². The predicted molar refractivity (Wildman–Crippen MR) is 38.3 cm³/mol. The fraction of sp³-hybridized carbons (Fsp3) is 0.750. The van der Waals surface area contributed by atoms with Crippen LogP contribution in [0.5, 0.6) is 0 Å². The molecule has 0 spiro atoms. The van der Waals surface area contributed by atoms with E-state index in [1.54, 1.807) is 5.57 Å². The molecule has 1 nitrogen and oxygen atoms in total. The van der Waals surface area contributed by atoms with Crippen LogP contribution >= 0.6 is 0 Å². The molecule has 0 fully saturated rings. The second-order valence-corrected chi connectivity index (χ2v) is 3.32. The number of hydrogen-bond acceptors (Lipinski definition) is 1. The van der Waals surface area contributed by atoms with Crippen molar-refractivity contribution in [3.63, 3.8) is 0 Å². The van der Waals surface area contributed by atoms with Gasteiger partial charge in [-0.25, -0.2) is 0 Å². The van der Waals surface area contributed by atoms with E-state index in [9.17, 15) is 0 Å². The number of likely N-dealkylation sites (N-methyl/N-ethyl adjacent to an activating group) is 1. The summed E-state index contributed by atoms with van der Waals surface area (Å²) in [4.78, 5) is 2.42. The molecule has 1 heterocycles. The Morgan fingerprint density at radius 2 is 2.56 bits per heavy atom. The van der Waals surface area contributed by atoms with Crippen LogP contribution in [0, 0.1) is 5.92 Å². The van der Waals surface area contributed by atoms with Crippen molar-refractivity contribution in [1.82, 2.24) is 4.90 Å². The van der Waals surface area contributed by atoms with E-state index < -0.39 is 0 Å². The van der Waals surface area contributed by atoms with E-state index in [0.717, 1.165) is 5.92 Å². The van der Waals surface area contributed by atoms with Gasteiger partial charge < -0.3 is 4.90 Å². The summed E-state index contributed by atoms with van der Waals surface area (Å²) in [6, 6.07) is 0. The molecule has 0 aromatic rings. The van der Waals surface area contributed by atoms with Crippen molar-refractivity contribution in [1.29, 1.82) is 0 Å². The standard InChI is InChI=1S/C8H13N/c1-9-5-7-2-3-8(4-7)6-9/h4,7H,2-3,5-6H2,1H3. The van der Waals surface area contributed by atoms with Gasteiger partial charge in [0.1, 0.15) is 0 Å². The van der Waals surface area contributed by atoms with Crippen molar-refractivity contribution in [2.75, 3.05) is 20.1 Å². The normalized spacial score (nSPS) is 34.8. The highest BCUT2D eigenvalue weighted by molar-refractivity contribution is 5.16. The summed E-state index contributed by atoms with van der Waals surface area (Å²) in [6.07, 6.45) is 5.26. The van der Waals surface area contributed by atoms with E-state index in [-0.39, 0.29) is 0 Å². The quantitative estimate of drug-likeness (QED) is 0.438. The van der Waals surface area contributed by atoms with Crippen molar-refractivity contribution in [2.45, 2.75) is 12.8 Å². The van der Waals surface area contributed by atoms with E-state index in [1.807, 2.05) is 0 Å². The van der Waals surface area contributed by atoms with Gasteiger partial charge in [0.15, 0.2) is 0 Å². The number of fused-ring (bicyclic) bond motifs is 1. The Bertz CT molecular complexity index is 149. The van der Waals surface area contributed by atoms with E-state index >= 15 is 0 Å². The zero-order chi connectivity index (χ0) is 6.27. The number of nitrogens with zero attached hydrogens (tertiary/aromatic N) is 1. The lowest BCUT2D eigenvalue weighted by atomic mass is 10.1. The minimum absolute atomic E-state index is 0.902. The van der Waals surface area contributed by atoms with Crippen LogP contribution < -0.4 is 0 Å². The van der Waals surface area contributed by atoms with Crippen LogP contribution in [0.4, 0.5) is 0 Å². The van der Waals surface area contributed by atoms with Gasteiger partial charge in [-0.05, 0) is 25.8 Å². The Morgan fingerprint density at radius 3 is 3.33 bits per heavy atom. The van der Waals surface area contributed by atoms with E-state index in [4.69, 9.17) is 0 Å². The molecule has 0 aromatic heterocycles. The molecule has 2 aliphatic rings. The molecule has 0 saturated heterocycles. The van der Waals surface area contributed by atoms with E-state index in [0.29, 0.717) is 0 Å². The maximum Gasteiger partial charge on any atom is 0.0190 e. The lowest BCUT2D eigenvalue weighted by molar-refractivity contribution is 0.323. The summed E-state index contributed by atoms with van der Waals surface area (Å²) in [5, 5.41) is 0. The zero-order valence-corrected chi connectivity index (χ0v) is 5.93. The van der Waals surface area contributed by atoms with Crippen molar-refractivity contribution < 1.29 is 0 Å². The molecular formula is C8H13N. The first-order chi connectivity index (χ1) is 4.34. The minimum Gasteiger partial charge on any atom is -0.302 e. The molecule has 2 rings (SSSR count). The second kappa shape index (κ2) is 1.84. The summed E-state index contributed by atoms with van der Waals surface area (Å²) in [7, 11) is 2.21. The molecular weight excluding hydrogens is 110 g/mol. The fourth-order valence-corrected chi connectivity index (χ4v) is 1.96. The third-order valence-electron chi connectivity index (χ3n) is 2.33. The van der Waals surface area contributed by atoms with Gasteiger partial charge >= 0.3 is 0 Å². The summed E-state index contributed by atoms with van der Waals surface area (Å²) < 4.78 is 0. The average molecular weight is 123 g/mol. The van der Waals surface area contributed by atoms with Crippen molar-refractivity contribution >= 4 is 0 Å². The van der Waals surface area contributed by atoms with Crippen LogP contribution in [-0.4, -0.2) is 25.0 Å². The molecule has 50 valence electrons. The van der Waals surface area contributed by atoms with E-state index in [1.165, 1.54) is 25.9 Å². The van der Waals surface area contributed by atoms with Gasteiger partial charge in [-0.1, -0.05) is 11.6 Å². The maximum absolute atomic E-state index is 2.47. The van der Waals surface area contributed by atoms with Gasteiger partial charge in [0.2, 0.25) is 0 Å². The fourth-order valence-electron chi connectivity index (χ4n) is 1.96. The minimum atomic E-state index is 0.902. The Kier molecular flexibility index (Phi) is 1.12. The van der Waals surface area contributed by atoms with Crippen molar-refractivity contribution in [2.24, 2.45) is 5.92 Å². The first-order valence-electron chi connectivity index (χ1n) is 3.73. The maximum atomic E-state index is 2.47. The van der Waals surface area contributed by atoms with Crippen LogP contribution in [0.2, 0.25) is 0 Å². The smallest absolute Gasteiger partial charge is 0.0190 e. The summed E-state index contributed by atoms with van der Waals surface area (Å²) >= 11 is 0. The Balaban J connectivity index is 2.16. The van der Waals surface area contributed by atoms with Crippen LogP contribution in [0.1, 0.15) is 12.8 Å². The molecule has 2 bridgehead atoms. The Labute approximate surface area is 56.4 Å². The molecule has 1 unspecified atom stereocenters. The molecule has 0 radical (unpaired) electrons. The number of hydrogen-bond donors (Lipinski definition) is 0. The van der Waals surface area contributed by atoms with Crippen molar-refractivity contribution in [3.8, 4) is 0 Å². The molecule has 1 atom stereocenters. The van der Waals surface area contributed by atoms with Crippen LogP contribution in [0.25, 0.3) is 0 Å². The van der Waals surface area contributed by atoms with Crippen LogP contribution in [0.3, 0.4) is 0 Å². The highest BCUT2D eigenvalue weighted by Crippen LogP contribution is 2.29. The Morgan fingerprint density at radius 1 is 1.67 bits per heavy atom. The summed E-state index contributed by atoms with van der Waals surface area (Å²) in [5.74, 6) is 0.902. The monoisotopic (exact) mass is 123 g/mol. The second-order valence-electron chi connectivity index (χ2n) is 3.32. The highest BCUT2D eigenvalue weighted by atomic mass is 15.1. The van der Waals surface area contributed by atoms with E-state index in [2.05, 4.69) is 18.0 Å². The molecule has 1 aliphatic carbocycles. The van der Waals surface area contributed by atoms with Gasteiger partial charge in [0, 0.05) is 13.1 Å². The average Bonchev–Trinajstić information content (AvgIpc) is 2.11. The van der Waals surface area contributed by atoms with Gasteiger partial charge in [-0.2, -0.15) is 0 Å². The Hall–Kier alpha value is -0.300. The molecule has 0 amide bonds. The summed E-state index contributed by atoms with van der Waals surface area (Å²) in [5.41, 5.74) is 1.67. The lowest BCUT2D eigenvalue weighted by Gasteiger charge is -2.21. The molecule has 1 heteroatoms. The predicted octanol–water partition coefficient (Wildman–Crippen LogP) is 1.27. The molecule has 0 aromatic carbocycles. The lowest BCUT2D eigenvalue weighted by Crippen LogP contribution is -2.27. The van der Waals surface area contributed by atoms with Crippen LogP contribution in [-0.2, 0) is 0 Å². The third-order valence-corrected chi connectivity index (χ3v) is 2.33. The highest BCUT2D eigenvalue weighted by Gasteiger charge is 2.22. The largest absolute Gasteiger partial charge is 0.302 e. The van der Waals surface area contributed by atoms with Crippen LogP contribution in [0.15, 0.2) is 11.6 Å². The molecule has 0 N–H and O–H groups in total. The SMILES string of the molecule is CN1CC2=CC(CC2)C1. The first kappa shape index (κ1) is 5.48. The van der Waals surface area contributed by atoms with Gasteiger partial charge in [-0.3, -0.25) is 0 Å². The van der Waals surface area contributed by atoms with Gasteiger partial charge in [0.25, 0.3) is 0 Å². The molecule has 0 saturated carbocycles. The molecule has 9 heavy (non-hydrogen) atoms. The first-order valence-corrected chi connectivity index (χ1v) is 3.73. The topological polar surface area (TPSA) is 3.24 Å². The van der Waals surface area contributed by atoms with Crippen molar-refractivity contribution in [3.05, 3.63) is 11.6 Å². The summed E-state index contributed by atoms with van der Waals surface area (Å²) in [6.45, 7) is 2.53. The third kappa shape index (κ3) is 0.897. The number of likely N-dealkylation sites (tertiary alicyclic amines) is 1.